The Labute approximate surface area is 319 Å². The van der Waals surface area contributed by atoms with Gasteiger partial charge in [0.1, 0.15) is 31.2 Å². The molecule has 6 rings (SSSR count). The highest BCUT2D eigenvalue weighted by molar-refractivity contribution is 7.46. The Morgan fingerprint density at radius 2 is 1.61 bits per heavy atom. The fourth-order valence-corrected chi connectivity index (χ4v) is 7.57. The first kappa shape index (κ1) is 41.1. The Hall–Kier alpha value is -4.53. The lowest BCUT2D eigenvalue weighted by atomic mass is 10.1. The number of ether oxygens (including phenoxy) is 1. The summed E-state index contributed by atoms with van der Waals surface area (Å²) in [6.45, 7) is 0.567. The third-order valence-corrected chi connectivity index (χ3v) is 10.2. The van der Waals surface area contributed by atoms with Gasteiger partial charge in [-0.3, -0.25) is 18.5 Å². The maximum atomic E-state index is 12.7. The molecule has 21 nitrogen and oxygen atoms in total. The van der Waals surface area contributed by atoms with E-state index in [1.54, 1.807) is 0 Å². The number of rotatable bonds is 18. The van der Waals surface area contributed by atoms with Gasteiger partial charge in [-0.05, 0) is 43.2 Å². The molecule has 23 heteroatoms. The molecular formula is C33H44N10O11P2. The molecule has 1 aliphatic rings. The quantitative estimate of drug-likeness (QED) is 0.0195. The standard InChI is InChI=1S/C33H44N10O11P2/c34-21-9-7-19-14-20-8-10-22(35)16-24(20)42(23(19)15-21)13-5-6-26(44)37-11-3-1-2-4-12-38-33-41-27-30(36)39-18-40-31(27)43(33)32-29(54-56(49,50)51)28(45)25(53-32)17-52-55(46,47)48/h7-10,14-16,18,25,28-29,32,45H,1-6,11-13,17H2,(H11,34,35,36,37,38,39,40,41,44,46,47,48,49,50,51)/t25-,28-,29-,32-/m1/s1. The average Bonchev–Trinajstić information content (AvgIpc) is 3.64. The Morgan fingerprint density at radius 1 is 0.946 bits per heavy atom. The molecule has 3 aromatic heterocycles. The zero-order valence-electron chi connectivity index (χ0n) is 30.0. The van der Waals surface area contributed by atoms with Crippen molar-refractivity contribution >= 4 is 77.7 Å². The van der Waals surface area contributed by atoms with Crippen molar-refractivity contribution in [3.8, 4) is 0 Å². The van der Waals surface area contributed by atoms with Crippen molar-refractivity contribution in [1.82, 2.24) is 24.8 Å². The highest BCUT2D eigenvalue weighted by Crippen LogP contribution is 2.46. The van der Waals surface area contributed by atoms with Crippen LogP contribution in [0.2, 0.25) is 0 Å². The third kappa shape index (κ3) is 10.1. The fourth-order valence-electron chi connectivity index (χ4n) is 6.68. The van der Waals surface area contributed by atoms with E-state index in [9.17, 15) is 33.7 Å². The van der Waals surface area contributed by atoms with Crippen molar-refractivity contribution in [2.75, 3.05) is 42.2 Å². The number of aryl methyl sites for hydroxylation is 1. The Bertz CT molecular complexity index is 2240. The highest BCUT2D eigenvalue weighted by Gasteiger charge is 2.50. The number of unbranched alkanes of at least 4 members (excludes halogenated alkanes) is 3. The number of imidazole rings is 1. The molecule has 0 radical (unpaired) electrons. The van der Waals surface area contributed by atoms with Gasteiger partial charge in [-0.2, -0.15) is 4.57 Å². The van der Waals surface area contributed by atoms with Gasteiger partial charge in [-0.1, -0.05) is 12.8 Å². The normalized spacial score (nSPS) is 19.8. The molecule has 0 bridgehead atoms. The molecule has 1 aliphatic heterocycles. The molecule has 5 atom stereocenters. The summed E-state index contributed by atoms with van der Waals surface area (Å²) in [5, 5.41) is 19.0. The number of hydrogen-bond donors (Lipinski definition) is 9. The minimum atomic E-state index is -5.24. The van der Waals surface area contributed by atoms with Crippen LogP contribution in [0.3, 0.4) is 0 Å². The molecule has 56 heavy (non-hydrogen) atoms. The molecular weight excluding hydrogens is 774 g/mol. The van der Waals surface area contributed by atoms with Crippen molar-refractivity contribution in [2.45, 2.75) is 69.6 Å². The topological polar surface area (TPSA) is 332 Å². The minimum absolute atomic E-state index is 0.0199. The van der Waals surface area contributed by atoms with Crippen LogP contribution in [0.4, 0.5) is 23.1 Å². The summed E-state index contributed by atoms with van der Waals surface area (Å²) in [5.74, 6) is 0.00822. The summed E-state index contributed by atoms with van der Waals surface area (Å²) in [6, 6.07) is 13.6. The summed E-state index contributed by atoms with van der Waals surface area (Å²) in [6.07, 6.45) is -1.62. The monoisotopic (exact) mass is 818 g/mol. The molecule has 12 N–H and O–H groups in total. The lowest BCUT2D eigenvalue weighted by Crippen LogP contribution is -2.36. The first-order chi connectivity index (χ1) is 26.6. The number of nitrogens with one attached hydrogen (secondary N) is 2. The highest BCUT2D eigenvalue weighted by atomic mass is 31.2. The summed E-state index contributed by atoms with van der Waals surface area (Å²) < 4.78 is 41.4. The number of amides is 1. The van der Waals surface area contributed by atoms with E-state index in [2.05, 4.69) is 40.7 Å². The van der Waals surface area contributed by atoms with Gasteiger partial charge < -0.3 is 61.8 Å². The number of aliphatic hydroxyl groups is 1. The molecule has 0 aliphatic carbocycles. The van der Waals surface area contributed by atoms with Crippen LogP contribution in [0.1, 0.15) is 44.8 Å². The van der Waals surface area contributed by atoms with E-state index >= 15 is 0 Å². The molecule has 0 saturated carbocycles. The van der Waals surface area contributed by atoms with Gasteiger partial charge in [0, 0.05) is 60.2 Å². The lowest BCUT2D eigenvalue weighted by Gasteiger charge is -2.23. The number of fused-ring (bicyclic) bond motifs is 3. The zero-order chi connectivity index (χ0) is 40.2. The second-order valence-corrected chi connectivity index (χ2v) is 15.7. The summed E-state index contributed by atoms with van der Waals surface area (Å²) in [4.78, 5) is 64.6. The van der Waals surface area contributed by atoms with Gasteiger partial charge in [-0.25, -0.2) is 19.5 Å². The Balaban J connectivity index is 0.999. The van der Waals surface area contributed by atoms with Crippen LogP contribution in [0, 0.1) is 0 Å². The second kappa shape index (κ2) is 17.3. The average molecular weight is 819 g/mol. The van der Waals surface area contributed by atoms with Crippen LogP contribution in [-0.2, 0) is 34.3 Å². The largest absolute Gasteiger partial charge is 0.756 e. The molecule has 0 spiro atoms. The van der Waals surface area contributed by atoms with Crippen LogP contribution in [0.5, 0.6) is 0 Å². The van der Waals surface area contributed by atoms with Crippen LogP contribution < -0.4 is 37.3 Å². The zero-order valence-corrected chi connectivity index (χ0v) is 31.8. The van der Waals surface area contributed by atoms with Crippen LogP contribution >= 0.6 is 15.6 Å². The van der Waals surface area contributed by atoms with E-state index in [0.717, 1.165) is 47.4 Å². The number of phosphoric acid groups is 2. The van der Waals surface area contributed by atoms with Crippen LogP contribution in [0.15, 0.2) is 48.8 Å². The van der Waals surface area contributed by atoms with Crippen molar-refractivity contribution in [3.63, 3.8) is 0 Å². The number of carbonyl (C=O) groups excluding carboxylic acids is 1. The smallest absolute Gasteiger partial charge is 0.470 e. The Kier molecular flexibility index (Phi) is 12.7. The van der Waals surface area contributed by atoms with Crippen molar-refractivity contribution < 1.29 is 57.0 Å². The molecule has 1 saturated heterocycles. The van der Waals surface area contributed by atoms with Crippen molar-refractivity contribution in [1.29, 1.82) is 0 Å². The number of nitrogens with two attached hydrogens (primary N) is 3. The van der Waals surface area contributed by atoms with Crippen LogP contribution in [0.25, 0.3) is 33.0 Å². The molecule has 1 fully saturated rings. The maximum Gasteiger partial charge on any atom is 0.470 e. The van der Waals surface area contributed by atoms with Gasteiger partial charge in [0.15, 0.2) is 23.2 Å². The number of aliphatic hydroxyl groups excluding tert-OH is 1. The van der Waals surface area contributed by atoms with Crippen molar-refractivity contribution in [3.05, 3.63) is 48.8 Å². The number of phosphoric ester groups is 2. The predicted molar refractivity (Wildman–Crippen MR) is 202 cm³/mol. The summed E-state index contributed by atoms with van der Waals surface area (Å²) >= 11 is 0. The summed E-state index contributed by atoms with van der Waals surface area (Å²) in [5.41, 5.74) is 21.6. The van der Waals surface area contributed by atoms with E-state index in [4.69, 9.17) is 31.4 Å². The molecule has 5 aromatic rings. The van der Waals surface area contributed by atoms with E-state index in [1.165, 1.54) is 4.57 Å². The van der Waals surface area contributed by atoms with Gasteiger partial charge in [0.25, 0.3) is 7.82 Å². The van der Waals surface area contributed by atoms with E-state index < -0.39 is 46.8 Å². The second-order valence-electron chi connectivity index (χ2n) is 13.3. The third-order valence-electron chi connectivity index (χ3n) is 9.23. The van der Waals surface area contributed by atoms with Gasteiger partial charge >= 0.3 is 7.82 Å². The Morgan fingerprint density at radius 3 is 2.25 bits per heavy atom. The minimum Gasteiger partial charge on any atom is -0.756 e. The number of nitrogen functional groups attached to an aromatic ring is 3. The van der Waals surface area contributed by atoms with E-state index in [1.807, 2.05) is 36.4 Å². The van der Waals surface area contributed by atoms with E-state index in [-0.39, 0.29) is 28.8 Å². The number of anilines is 4. The SMILES string of the molecule is Nc1ccc2cc3ccc(N)cc3[n+](CCCC(=O)NCCCCCCNc3nc4c(N)ncnc4n3[C@@H]3O[C@H](COP(=O)([O-])O)[C@@H](O)[C@H]3OP(=O)(O)O)c2c1. The first-order valence-electron chi connectivity index (χ1n) is 17.7. The van der Waals surface area contributed by atoms with Crippen molar-refractivity contribution in [2.24, 2.45) is 0 Å². The fraction of sp³-hybridized carbons (Fsp3) is 0.424. The molecule has 1 amide bonds. The van der Waals surface area contributed by atoms with Gasteiger partial charge in [-0.15, -0.1) is 0 Å². The predicted octanol–water partition coefficient (Wildman–Crippen LogP) is 0.949. The molecule has 302 valence electrons. The number of carbonyl (C=O) groups is 1. The first-order valence-corrected chi connectivity index (χ1v) is 20.8. The summed E-state index contributed by atoms with van der Waals surface area (Å²) in [7, 11) is -10.5. The van der Waals surface area contributed by atoms with E-state index in [0.29, 0.717) is 50.3 Å². The van der Waals surface area contributed by atoms with Gasteiger partial charge in [0.05, 0.1) is 6.61 Å². The number of hydrogen-bond acceptors (Lipinski definition) is 15. The molecule has 1 unspecified atom stereocenters. The number of pyridine rings is 1. The molecule has 2 aromatic carbocycles. The number of aromatic nitrogens is 5. The van der Waals surface area contributed by atoms with Gasteiger partial charge in [0.2, 0.25) is 22.9 Å². The van der Waals surface area contributed by atoms with Crippen LogP contribution in [-0.4, -0.2) is 83.2 Å². The number of nitrogens with zero attached hydrogens (tertiary/aromatic N) is 5. The lowest BCUT2D eigenvalue weighted by molar-refractivity contribution is -0.645. The maximum absolute atomic E-state index is 12.7. The number of benzene rings is 2. The molecule has 4 heterocycles.